The number of hydrogen-bond acceptors (Lipinski definition) is 4. The maximum Gasteiger partial charge on any atom is 0.330 e. The van der Waals surface area contributed by atoms with Crippen LogP contribution in [0.4, 0.5) is 11.5 Å². The van der Waals surface area contributed by atoms with Gasteiger partial charge in [-0.15, -0.1) is 0 Å². The molecule has 0 atom stereocenters. The number of aromatic amines is 1. The van der Waals surface area contributed by atoms with E-state index >= 15 is 0 Å². The van der Waals surface area contributed by atoms with E-state index in [1.54, 1.807) is 18.9 Å². The molecule has 6 nitrogen and oxygen atoms in total. The second-order valence-corrected chi connectivity index (χ2v) is 4.58. The fourth-order valence-electron chi connectivity index (χ4n) is 2.20. The van der Waals surface area contributed by atoms with E-state index in [1.165, 1.54) is 4.57 Å². The molecule has 2 rings (SSSR count). The van der Waals surface area contributed by atoms with Crippen LogP contribution in [0, 0.1) is 0 Å². The molecular weight excluding hydrogens is 256 g/mol. The van der Waals surface area contributed by atoms with Crippen molar-refractivity contribution in [2.24, 2.45) is 0 Å². The molecule has 1 aromatic heterocycles. The van der Waals surface area contributed by atoms with Gasteiger partial charge in [-0.05, 0) is 12.5 Å². The molecule has 2 aromatic rings. The van der Waals surface area contributed by atoms with Crippen LogP contribution in [0.25, 0.3) is 0 Å². The van der Waals surface area contributed by atoms with Gasteiger partial charge in [-0.25, -0.2) is 4.79 Å². The van der Waals surface area contributed by atoms with Crippen LogP contribution in [0.5, 0.6) is 0 Å². The highest BCUT2D eigenvalue weighted by Gasteiger charge is 2.15. The van der Waals surface area contributed by atoms with Crippen LogP contribution in [0.2, 0.25) is 0 Å². The Hall–Kier alpha value is -2.50. The third-order valence-corrected chi connectivity index (χ3v) is 3.17. The molecule has 0 saturated carbocycles. The second kappa shape index (κ2) is 5.64. The lowest BCUT2D eigenvalue weighted by atomic mass is 10.2. The highest BCUT2D eigenvalue weighted by molar-refractivity contribution is 5.62. The minimum absolute atomic E-state index is 0.194. The van der Waals surface area contributed by atoms with Crippen molar-refractivity contribution in [2.45, 2.75) is 20.0 Å². The molecule has 106 valence electrons. The molecule has 0 aliphatic carbocycles. The number of nitrogen functional groups attached to an aromatic ring is 1. The molecule has 0 spiro atoms. The number of aromatic nitrogens is 2. The number of nitrogens with two attached hydrogens (primary N) is 1. The number of H-pyrrole nitrogens is 1. The summed E-state index contributed by atoms with van der Waals surface area (Å²) in [5.74, 6) is 0.194. The highest BCUT2D eigenvalue weighted by Crippen LogP contribution is 2.17. The monoisotopic (exact) mass is 274 g/mol. The molecule has 0 saturated heterocycles. The number of nitrogens with zero attached hydrogens (tertiary/aromatic N) is 2. The molecule has 0 fully saturated rings. The van der Waals surface area contributed by atoms with Gasteiger partial charge in [0.2, 0.25) is 0 Å². The van der Waals surface area contributed by atoms with E-state index in [2.05, 4.69) is 4.98 Å². The van der Waals surface area contributed by atoms with Crippen molar-refractivity contribution in [3.63, 3.8) is 0 Å². The average Bonchev–Trinajstić information content (AvgIpc) is 2.39. The van der Waals surface area contributed by atoms with Gasteiger partial charge >= 0.3 is 5.69 Å². The van der Waals surface area contributed by atoms with Crippen molar-refractivity contribution in [2.75, 3.05) is 17.7 Å². The number of nitrogens with one attached hydrogen (secondary N) is 1. The summed E-state index contributed by atoms with van der Waals surface area (Å²) in [5, 5.41) is 0. The number of benzene rings is 1. The lowest BCUT2D eigenvalue weighted by Crippen LogP contribution is -2.36. The molecule has 0 aliphatic heterocycles. The zero-order valence-corrected chi connectivity index (χ0v) is 11.6. The van der Waals surface area contributed by atoms with Gasteiger partial charge in [-0.2, -0.15) is 0 Å². The lowest BCUT2D eigenvalue weighted by Gasteiger charge is -2.21. The van der Waals surface area contributed by atoms with Crippen molar-refractivity contribution in [3.8, 4) is 0 Å². The Kier molecular flexibility index (Phi) is 3.93. The molecule has 1 aromatic carbocycles. The van der Waals surface area contributed by atoms with Gasteiger partial charge in [0, 0.05) is 20.1 Å². The third-order valence-electron chi connectivity index (χ3n) is 3.17. The number of anilines is 2. The fraction of sp³-hybridized carbons (Fsp3) is 0.286. The van der Waals surface area contributed by atoms with Crippen LogP contribution in [-0.2, 0) is 13.1 Å². The first kappa shape index (κ1) is 13.9. The molecule has 1 heterocycles. The molecule has 3 N–H and O–H groups in total. The van der Waals surface area contributed by atoms with Crippen LogP contribution >= 0.6 is 0 Å². The zero-order valence-electron chi connectivity index (χ0n) is 11.6. The molecule has 0 aliphatic rings. The SMILES string of the molecule is CCn1c(N)c(N(C)Cc2ccccc2)c(=O)[nH]c1=O. The van der Waals surface area contributed by atoms with E-state index < -0.39 is 11.2 Å². The van der Waals surface area contributed by atoms with Gasteiger partial charge in [0.25, 0.3) is 5.56 Å². The van der Waals surface area contributed by atoms with Gasteiger partial charge in [0.15, 0.2) is 0 Å². The predicted molar refractivity (Wildman–Crippen MR) is 80.0 cm³/mol. The maximum absolute atomic E-state index is 12.0. The standard InChI is InChI=1S/C14H18N4O2/c1-3-18-12(15)11(13(19)16-14(18)20)17(2)9-10-7-5-4-6-8-10/h4-8H,3,9,15H2,1-2H3,(H,16,19,20). The Morgan fingerprint density at radius 3 is 2.50 bits per heavy atom. The van der Waals surface area contributed by atoms with Crippen LogP contribution in [-0.4, -0.2) is 16.6 Å². The van der Waals surface area contributed by atoms with Gasteiger partial charge in [0.05, 0.1) is 0 Å². The van der Waals surface area contributed by atoms with Crippen LogP contribution < -0.4 is 21.9 Å². The summed E-state index contributed by atoms with van der Waals surface area (Å²) < 4.78 is 1.35. The quantitative estimate of drug-likeness (QED) is 0.862. The Bertz CT molecular complexity index is 703. The van der Waals surface area contributed by atoms with Crippen LogP contribution in [0.15, 0.2) is 39.9 Å². The minimum atomic E-state index is -0.480. The van der Waals surface area contributed by atoms with Crippen molar-refractivity contribution in [1.29, 1.82) is 0 Å². The second-order valence-electron chi connectivity index (χ2n) is 4.58. The largest absolute Gasteiger partial charge is 0.383 e. The molecule has 0 amide bonds. The number of hydrogen-bond donors (Lipinski definition) is 2. The highest BCUT2D eigenvalue weighted by atomic mass is 16.2. The summed E-state index contributed by atoms with van der Waals surface area (Å²) in [7, 11) is 1.78. The Morgan fingerprint density at radius 2 is 1.90 bits per heavy atom. The van der Waals surface area contributed by atoms with Crippen molar-refractivity contribution in [3.05, 3.63) is 56.7 Å². The predicted octanol–water partition coefficient (Wildman–Crippen LogP) is 0.775. The molecular formula is C14H18N4O2. The Labute approximate surface area is 116 Å². The summed E-state index contributed by atoms with van der Waals surface area (Å²) in [6, 6.07) is 9.74. The first-order valence-corrected chi connectivity index (χ1v) is 6.42. The van der Waals surface area contributed by atoms with E-state index in [4.69, 9.17) is 5.73 Å². The Balaban J connectivity index is 2.42. The first-order chi connectivity index (χ1) is 9.54. The topological polar surface area (TPSA) is 84.1 Å². The molecule has 0 radical (unpaired) electrons. The lowest BCUT2D eigenvalue weighted by molar-refractivity contribution is 0.700. The van der Waals surface area contributed by atoms with E-state index in [0.717, 1.165) is 5.56 Å². The van der Waals surface area contributed by atoms with Gasteiger partial charge in [-0.1, -0.05) is 30.3 Å². The van der Waals surface area contributed by atoms with Crippen LogP contribution in [0.1, 0.15) is 12.5 Å². The van der Waals surface area contributed by atoms with Crippen molar-refractivity contribution < 1.29 is 0 Å². The van der Waals surface area contributed by atoms with Gasteiger partial charge < -0.3 is 10.6 Å². The van der Waals surface area contributed by atoms with E-state index in [1.807, 2.05) is 30.3 Å². The summed E-state index contributed by atoms with van der Waals surface area (Å²) in [5.41, 5.74) is 6.38. The van der Waals surface area contributed by atoms with Gasteiger partial charge in [0.1, 0.15) is 11.5 Å². The fourth-order valence-corrected chi connectivity index (χ4v) is 2.20. The van der Waals surface area contributed by atoms with E-state index in [-0.39, 0.29) is 5.82 Å². The first-order valence-electron chi connectivity index (χ1n) is 6.42. The minimum Gasteiger partial charge on any atom is -0.383 e. The van der Waals surface area contributed by atoms with E-state index in [0.29, 0.717) is 18.8 Å². The van der Waals surface area contributed by atoms with Gasteiger partial charge in [-0.3, -0.25) is 14.3 Å². The zero-order chi connectivity index (χ0) is 14.7. The summed E-state index contributed by atoms with van der Waals surface area (Å²) in [6.45, 7) is 2.75. The number of rotatable bonds is 4. The molecule has 0 bridgehead atoms. The maximum atomic E-state index is 12.0. The smallest absolute Gasteiger partial charge is 0.330 e. The third kappa shape index (κ3) is 2.59. The Morgan fingerprint density at radius 1 is 1.25 bits per heavy atom. The van der Waals surface area contributed by atoms with Crippen molar-refractivity contribution in [1.82, 2.24) is 9.55 Å². The molecule has 0 unspecified atom stereocenters. The van der Waals surface area contributed by atoms with Crippen molar-refractivity contribution >= 4 is 11.5 Å². The molecule has 20 heavy (non-hydrogen) atoms. The summed E-state index contributed by atoms with van der Waals surface area (Å²) >= 11 is 0. The van der Waals surface area contributed by atoms with E-state index in [9.17, 15) is 9.59 Å². The molecule has 6 heteroatoms. The average molecular weight is 274 g/mol. The summed E-state index contributed by atoms with van der Waals surface area (Å²) in [6.07, 6.45) is 0. The normalized spacial score (nSPS) is 10.5. The summed E-state index contributed by atoms with van der Waals surface area (Å²) in [4.78, 5) is 27.6. The van der Waals surface area contributed by atoms with Crippen LogP contribution in [0.3, 0.4) is 0 Å².